The van der Waals surface area contributed by atoms with E-state index >= 15 is 0 Å². The third-order valence-electron chi connectivity index (χ3n) is 5.44. The predicted octanol–water partition coefficient (Wildman–Crippen LogP) is 3.09. The molecular weight excluding hydrogens is 447 g/mol. The number of hydrogen-bond acceptors (Lipinski definition) is 5. The van der Waals surface area contributed by atoms with E-state index < -0.39 is 28.0 Å². The van der Waals surface area contributed by atoms with Gasteiger partial charge >= 0.3 is 0 Å². The molecule has 2 atom stereocenters. The number of carbonyl (C=O) groups is 1. The summed E-state index contributed by atoms with van der Waals surface area (Å²) in [7, 11) is -3.95. The monoisotopic (exact) mass is 470 g/mol. The summed E-state index contributed by atoms with van der Waals surface area (Å²) >= 11 is 0. The van der Waals surface area contributed by atoms with Crippen LogP contribution in [0, 0.1) is 5.82 Å². The van der Waals surface area contributed by atoms with Crippen LogP contribution >= 0.6 is 0 Å². The van der Waals surface area contributed by atoms with Crippen molar-refractivity contribution in [2.24, 2.45) is 0 Å². The zero-order valence-corrected chi connectivity index (χ0v) is 18.4. The molecule has 3 aromatic carbocycles. The Morgan fingerprint density at radius 3 is 2.42 bits per heavy atom. The Bertz CT molecular complexity index is 1220. The molecule has 1 saturated heterocycles. The first-order valence-corrected chi connectivity index (χ1v) is 11.8. The van der Waals surface area contributed by atoms with E-state index in [1.54, 1.807) is 29.2 Å². The Balaban J connectivity index is 1.52. The number of amides is 1. The maximum Gasteiger partial charge on any atom is 0.261 e. The van der Waals surface area contributed by atoms with Crippen molar-refractivity contribution in [1.82, 2.24) is 4.90 Å². The number of sulfonamides is 1. The first-order valence-electron chi connectivity index (χ1n) is 10.3. The molecule has 9 heteroatoms. The van der Waals surface area contributed by atoms with E-state index in [4.69, 9.17) is 4.74 Å². The molecule has 1 amide bonds. The van der Waals surface area contributed by atoms with Crippen LogP contribution in [0.4, 0.5) is 10.1 Å². The standard InChI is InChI=1S/C24H23FN2O5S/c25-19-7-4-8-21(13-19)33(30,31)26-20-11-9-18(10-12-20)24-22(15-28)27(23(29)16-32-24)14-17-5-2-1-3-6-17/h1-13,22,24,26,28H,14-16H2. The SMILES string of the molecule is O=C1COC(c2ccc(NS(=O)(=O)c3cccc(F)c3)cc2)C(CO)N1Cc1ccccc1. The van der Waals surface area contributed by atoms with Crippen molar-refractivity contribution in [3.05, 3.63) is 95.8 Å². The number of nitrogens with zero attached hydrogens (tertiary/aromatic N) is 1. The minimum absolute atomic E-state index is 0.123. The van der Waals surface area contributed by atoms with Crippen LogP contribution in [-0.2, 0) is 26.1 Å². The van der Waals surface area contributed by atoms with Gasteiger partial charge in [0.2, 0.25) is 5.91 Å². The molecule has 7 nitrogen and oxygen atoms in total. The van der Waals surface area contributed by atoms with E-state index in [0.717, 1.165) is 11.6 Å². The summed E-state index contributed by atoms with van der Waals surface area (Å²) in [5.74, 6) is -0.860. The van der Waals surface area contributed by atoms with Crippen LogP contribution in [0.2, 0.25) is 0 Å². The van der Waals surface area contributed by atoms with Gasteiger partial charge in [-0.25, -0.2) is 12.8 Å². The normalized spacial score (nSPS) is 18.8. The molecule has 1 aliphatic rings. The van der Waals surface area contributed by atoms with Crippen LogP contribution in [-0.4, -0.2) is 43.6 Å². The van der Waals surface area contributed by atoms with Gasteiger partial charge in [-0.3, -0.25) is 9.52 Å². The van der Waals surface area contributed by atoms with Gasteiger partial charge in [-0.1, -0.05) is 48.5 Å². The largest absolute Gasteiger partial charge is 0.394 e. The van der Waals surface area contributed by atoms with E-state index in [9.17, 15) is 22.7 Å². The zero-order chi connectivity index (χ0) is 23.4. The van der Waals surface area contributed by atoms with Gasteiger partial charge in [-0.15, -0.1) is 0 Å². The van der Waals surface area contributed by atoms with Crippen LogP contribution in [0.1, 0.15) is 17.2 Å². The second-order valence-electron chi connectivity index (χ2n) is 7.67. The summed E-state index contributed by atoms with van der Waals surface area (Å²) in [5.41, 5.74) is 1.91. The molecule has 0 saturated carbocycles. The fourth-order valence-corrected chi connectivity index (χ4v) is 4.88. The average molecular weight is 471 g/mol. The third-order valence-corrected chi connectivity index (χ3v) is 6.82. The van der Waals surface area contributed by atoms with Gasteiger partial charge in [-0.2, -0.15) is 0 Å². The van der Waals surface area contributed by atoms with Crippen molar-refractivity contribution >= 4 is 21.6 Å². The summed E-state index contributed by atoms with van der Waals surface area (Å²) in [4.78, 5) is 13.9. The van der Waals surface area contributed by atoms with E-state index in [2.05, 4.69) is 4.72 Å². The number of halogens is 1. The van der Waals surface area contributed by atoms with Gasteiger partial charge < -0.3 is 14.7 Å². The number of aliphatic hydroxyl groups is 1. The highest BCUT2D eigenvalue weighted by atomic mass is 32.2. The van der Waals surface area contributed by atoms with Gasteiger partial charge in [0.25, 0.3) is 10.0 Å². The second-order valence-corrected chi connectivity index (χ2v) is 9.36. The van der Waals surface area contributed by atoms with Gasteiger partial charge in [0.15, 0.2) is 0 Å². The first-order chi connectivity index (χ1) is 15.9. The maximum atomic E-state index is 13.4. The minimum atomic E-state index is -3.95. The van der Waals surface area contributed by atoms with Gasteiger partial charge in [0.05, 0.1) is 17.5 Å². The molecule has 2 N–H and O–H groups in total. The van der Waals surface area contributed by atoms with E-state index in [1.165, 1.54) is 18.2 Å². The lowest BCUT2D eigenvalue weighted by Crippen LogP contribution is -2.52. The number of benzene rings is 3. The lowest BCUT2D eigenvalue weighted by Gasteiger charge is -2.40. The zero-order valence-electron chi connectivity index (χ0n) is 17.6. The number of aliphatic hydroxyl groups excluding tert-OH is 1. The molecule has 0 aromatic heterocycles. The summed E-state index contributed by atoms with van der Waals surface area (Å²) in [6, 6.07) is 20.1. The molecule has 4 rings (SSSR count). The van der Waals surface area contributed by atoms with Gasteiger partial charge in [0, 0.05) is 12.2 Å². The molecule has 1 fully saturated rings. The number of morpholine rings is 1. The maximum absolute atomic E-state index is 13.4. The molecule has 172 valence electrons. The number of nitrogens with one attached hydrogen (secondary N) is 1. The van der Waals surface area contributed by atoms with Crippen molar-refractivity contribution in [2.75, 3.05) is 17.9 Å². The highest BCUT2D eigenvalue weighted by Crippen LogP contribution is 2.31. The predicted molar refractivity (Wildman–Crippen MR) is 120 cm³/mol. The fourth-order valence-electron chi connectivity index (χ4n) is 3.79. The molecule has 1 aliphatic heterocycles. The third kappa shape index (κ3) is 5.22. The molecule has 0 bridgehead atoms. The van der Waals surface area contributed by atoms with E-state index in [-0.39, 0.29) is 29.7 Å². The Morgan fingerprint density at radius 1 is 1.03 bits per heavy atom. The van der Waals surface area contributed by atoms with Crippen LogP contribution in [0.5, 0.6) is 0 Å². The fraction of sp³-hybridized carbons (Fsp3) is 0.208. The van der Waals surface area contributed by atoms with Gasteiger partial charge in [0.1, 0.15) is 18.5 Å². The van der Waals surface area contributed by atoms with Crippen LogP contribution in [0.25, 0.3) is 0 Å². The number of anilines is 1. The number of carbonyl (C=O) groups excluding carboxylic acids is 1. The van der Waals surface area contributed by atoms with Crippen molar-refractivity contribution in [2.45, 2.75) is 23.6 Å². The molecule has 3 aromatic rings. The lowest BCUT2D eigenvalue weighted by atomic mass is 9.98. The summed E-state index contributed by atoms with van der Waals surface area (Å²) in [5, 5.41) is 10.0. The van der Waals surface area contributed by atoms with Crippen LogP contribution in [0.3, 0.4) is 0 Å². The smallest absolute Gasteiger partial charge is 0.261 e. The van der Waals surface area contributed by atoms with Crippen LogP contribution in [0.15, 0.2) is 83.8 Å². The first kappa shape index (κ1) is 22.9. The number of rotatable bonds is 7. The van der Waals surface area contributed by atoms with Crippen molar-refractivity contribution < 1.29 is 27.4 Å². The molecule has 0 spiro atoms. The number of hydrogen-bond donors (Lipinski definition) is 2. The Labute approximate surface area is 191 Å². The highest BCUT2D eigenvalue weighted by Gasteiger charge is 2.37. The molecule has 0 radical (unpaired) electrons. The van der Waals surface area contributed by atoms with E-state index in [0.29, 0.717) is 12.1 Å². The van der Waals surface area contributed by atoms with Gasteiger partial charge in [-0.05, 0) is 41.5 Å². The van der Waals surface area contributed by atoms with Crippen LogP contribution < -0.4 is 4.72 Å². The summed E-state index contributed by atoms with van der Waals surface area (Å²) in [6.45, 7) is -0.0740. The highest BCUT2D eigenvalue weighted by molar-refractivity contribution is 7.92. The quantitative estimate of drug-likeness (QED) is 0.553. The lowest BCUT2D eigenvalue weighted by molar-refractivity contribution is -0.162. The van der Waals surface area contributed by atoms with Crippen molar-refractivity contribution in [3.8, 4) is 0 Å². The Hall–Kier alpha value is -3.27. The molecule has 33 heavy (non-hydrogen) atoms. The average Bonchev–Trinajstić information content (AvgIpc) is 2.81. The van der Waals surface area contributed by atoms with Crippen molar-refractivity contribution in [1.29, 1.82) is 0 Å². The molecule has 1 heterocycles. The summed E-state index contributed by atoms with van der Waals surface area (Å²) < 4.78 is 46.6. The molecule has 2 unspecified atom stereocenters. The topological polar surface area (TPSA) is 95.9 Å². The Morgan fingerprint density at radius 2 is 1.76 bits per heavy atom. The van der Waals surface area contributed by atoms with E-state index in [1.807, 2.05) is 30.3 Å². The second kappa shape index (κ2) is 9.70. The molecular formula is C24H23FN2O5S. The number of ether oxygens (including phenoxy) is 1. The summed E-state index contributed by atoms with van der Waals surface area (Å²) in [6.07, 6.45) is -0.578. The Kier molecular flexibility index (Phi) is 6.73. The molecule has 0 aliphatic carbocycles. The minimum Gasteiger partial charge on any atom is -0.394 e. The van der Waals surface area contributed by atoms with Crippen molar-refractivity contribution in [3.63, 3.8) is 0 Å².